The Kier molecular flexibility index (Phi) is 5.84. The predicted octanol–water partition coefficient (Wildman–Crippen LogP) is 3.91. The van der Waals surface area contributed by atoms with Crippen LogP contribution in [0.25, 0.3) is 0 Å². The Morgan fingerprint density at radius 1 is 1.40 bits per heavy atom. The summed E-state index contributed by atoms with van der Waals surface area (Å²) in [6.07, 6.45) is 8.55. The maximum absolute atomic E-state index is 4.38. The van der Waals surface area contributed by atoms with Crippen LogP contribution in [0.5, 0.6) is 0 Å². The van der Waals surface area contributed by atoms with Gasteiger partial charge in [0.25, 0.3) is 0 Å². The van der Waals surface area contributed by atoms with Crippen molar-refractivity contribution in [2.24, 2.45) is 5.92 Å². The van der Waals surface area contributed by atoms with E-state index >= 15 is 0 Å². The molecule has 3 heteroatoms. The lowest BCUT2D eigenvalue weighted by Gasteiger charge is -2.34. The zero-order valence-electron chi connectivity index (χ0n) is 13.2. The Labute approximate surface area is 123 Å². The van der Waals surface area contributed by atoms with Gasteiger partial charge in [0.2, 0.25) is 0 Å². The van der Waals surface area contributed by atoms with Crippen molar-refractivity contribution in [3.05, 3.63) is 23.9 Å². The molecule has 1 aromatic heterocycles. The second-order valence-corrected chi connectivity index (χ2v) is 6.32. The molecule has 0 aliphatic heterocycles. The van der Waals surface area contributed by atoms with Gasteiger partial charge in [-0.05, 0) is 49.9 Å². The maximum Gasteiger partial charge on any atom is 0.126 e. The number of rotatable bonds is 6. The van der Waals surface area contributed by atoms with Crippen LogP contribution in [0.4, 0.5) is 5.82 Å². The minimum absolute atomic E-state index is 0.749. The molecule has 0 aromatic carbocycles. The van der Waals surface area contributed by atoms with Crippen LogP contribution in [0.2, 0.25) is 0 Å². The van der Waals surface area contributed by atoms with Gasteiger partial charge in [0.1, 0.15) is 5.82 Å². The van der Waals surface area contributed by atoms with E-state index in [4.69, 9.17) is 0 Å². The lowest BCUT2D eigenvalue weighted by molar-refractivity contribution is 0.157. The van der Waals surface area contributed by atoms with Gasteiger partial charge in [-0.25, -0.2) is 4.98 Å². The summed E-state index contributed by atoms with van der Waals surface area (Å²) in [5, 5.41) is 3.36. The zero-order valence-corrected chi connectivity index (χ0v) is 13.2. The van der Waals surface area contributed by atoms with Crippen LogP contribution in [-0.2, 0) is 6.54 Å². The van der Waals surface area contributed by atoms with Gasteiger partial charge in [0.15, 0.2) is 0 Å². The summed E-state index contributed by atoms with van der Waals surface area (Å²) in [4.78, 5) is 6.90. The van der Waals surface area contributed by atoms with E-state index < -0.39 is 0 Å². The van der Waals surface area contributed by atoms with E-state index in [9.17, 15) is 0 Å². The van der Waals surface area contributed by atoms with Crippen molar-refractivity contribution in [3.8, 4) is 0 Å². The van der Waals surface area contributed by atoms with Gasteiger partial charge in [0.05, 0.1) is 0 Å². The van der Waals surface area contributed by atoms with E-state index in [1.54, 1.807) is 0 Å². The second-order valence-electron chi connectivity index (χ2n) is 6.32. The first-order valence-electron chi connectivity index (χ1n) is 8.08. The number of anilines is 1. The molecule has 2 rings (SSSR count). The largest absolute Gasteiger partial charge is 0.370 e. The summed E-state index contributed by atoms with van der Waals surface area (Å²) in [7, 11) is 2.27. The van der Waals surface area contributed by atoms with Crippen molar-refractivity contribution >= 4 is 5.82 Å². The Balaban J connectivity index is 1.91. The molecule has 2 atom stereocenters. The quantitative estimate of drug-likeness (QED) is 0.853. The molecule has 0 saturated heterocycles. The normalized spacial score (nSPS) is 23.0. The highest BCUT2D eigenvalue weighted by Gasteiger charge is 2.22. The molecular weight excluding hydrogens is 246 g/mol. The van der Waals surface area contributed by atoms with Crippen LogP contribution in [-0.4, -0.2) is 29.5 Å². The first-order chi connectivity index (χ1) is 9.69. The monoisotopic (exact) mass is 275 g/mol. The molecule has 1 fully saturated rings. The molecule has 1 N–H and O–H groups in total. The predicted molar refractivity (Wildman–Crippen MR) is 85.9 cm³/mol. The highest BCUT2D eigenvalue weighted by molar-refractivity contribution is 5.37. The van der Waals surface area contributed by atoms with Crippen LogP contribution in [0, 0.1) is 5.92 Å². The molecule has 3 nitrogen and oxygen atoms in total. The van der Waals surface area contributed by atoms with Crippen LogP contribution >= 0.6 is 0 Å². The minimum Gasteiger partial charge on any atom is -0.370 e. The SMILES string of the molecule is CCCNc1cc(CN(C)C2CCCC(C)C2)ccn1. The highest BCUT2D eigenvalue weighted by Crippen LogP contribution is 2.27. The third-order valence-corrected chi connectivity index (χ3v) is 4.34. The molecule has 1 saturated carbocycles. The van der Waals surface area contributed by atoms with Crippen LogP contribution in [0.3, 0.4) is 0 Å². The number of aromatic nitrogens is 1. The molecule has 1 aliphatic rings. The number of hydrogen-bond donors (Lipinski definition) is 1. The zero-order chi connectivity index (χ0) is 14.4. The molecule has 112 valence electrons. The lowest BCUT2D eigenvalue weighted by Crippen LogP contribution is -2.35. The summed E-state index contributed by atoms with van der Waals surface area (Å²) < 4.78 is 0. The third-order valence-electron chi connectivity index (χ3n) is 4.34. The summed E-state index contributed by atoms with van der Waals surface area (Å²) in [5.74, 6) is 1.89. The van der Waals surface area contributed by atoms with Crippen molar-refractivity contribution < 1.29 is 0 Å². The highest BCUT2D eigenvalue weighted by atomic mass is 15.1. The van der Waals surface area contributed by atoms with Gasteiger partial charge in [-0.2, -0.15) is 0 Å². The third kappa shape index (κ3) is 4.48. The molecule has 0 bridgehead atoms. The fourth-order valence-corrected chi connectivity index (χ4v) is 3.14. The molecule has 1 aromatic rings. The van der Waals surface area contributed by atoms with Crippen LogP contribution in [0.15, 0.2) is 18.3 Å². The maximum atomic E-state index is 4.38. The van der Waals surface area contributed by atoms with Crippen molar-refractivity contribution in [1.29, 1.82) is 0 Å². The van der Waals surface area contributed by atoms with E-state index in [1.807, 2.05) is 6.20 Å². The van der Waals surface area contributed by atoms with Crippen LogP contribution in [0.1, 0.15) is 51.5 Å². The van der Waals surface area contributed by atoms with Crippen molar-refractivity contribution in [2.45, 2.75) is 58.5 Å². The lowest BCUT2D eigenvalue weighted by atomic mass is 9.86. The molecular formula is C17H29N3. The van der Waals surface area contributed by atoms with Crippen LogP contribution < -0.4 is 5.32 Å². The summed E-state index contributed by atoms with van der Waals surface area (Å²) >= 11 is 0. The molecule has 1 aliphatic carbocycles. The molecule has 2 unspecified atom stereocenters. The van der Waals surface area contributed by atoms with E-state index in [-0.39, 0.29) is 0 Å². The number of nitrogens with zero attached hydrogens (tertiary/aromatic N) is 2. The van der Waals surface area contributed by atoms with Gasteiger partial charge in [-0.3, -0.25) is 4.90 Å². The van der Waals surface area contributed by atoms with E-state index in [0.29, 0.717) is 0 Å². The van der Waals surface area contributed by atoms with Gasteiger partial charge >= 0.3 is 0 Å². The molecule has 0 radical (unpaired) electrons. The first-order valence-corrected chi connectivity index (χ1v) is 8.08. The summed E-state index contributed by atoms with van der Waals surface area (Å²) in [6, 6.07) is 5.08. The van der Waals surface area contributed by atoms with E-state index in [1.165, 1.54) is 31.2 Å². The Hall–Kier alpha value is -1.09. The number of pyridine rings is 1. The Morgan fingerprint density at radius 3 is 3.00 bits per heavy atom. The van der Waals surface area contributed by atoms with Crippen molar-refractivity contribution in [1.82, 2.24) is 9.88 Å². The van der Waals surface area contributed by atoms with E-state index in [2.05, 4.69) is 48.2 Å². The minimum atomic E-state index is 0.749. The van der Waals surface area contributed by atoms with Gasteiger partial charge < -0.3 is 5.32 Å². The fraction of sp³-hybridized carbons (Fsp3) is 0.706. The van der Waals surface area contributed by atoms with Crippen molar-refractivity contribution in [2.75, 3.05) is 18.9 Å². The standard InChI is InChI=1S/C17H29N3/c1-4-9-18-17-12-15(8-10-19-17)13-20(3)16-7-5-6-14(2)11-16/h8,10,12,14,16H,4-7,9,11,13H2,1-3H3,(H,18,19). The Morgan fingerprint density at radius 2 is 2.25 bits per heavy atom. The summed E-state index contributed by atoms with van der Waals surface area (Å²) in [5.41, 5.74) is 1.36. The second kappa shape index (κ2) is 7.63. The molecule has 0 amide bonds. The van der Waals surface area contributed by atoms with Crippen molar-refractivity contribution in [3.63, 3.8) is 0 Å². The molecule has 1 heterocycles. The van der Waals surface area contributed by atoms with Gasteiger partial charge in [-0.15, -0.1) is 0 Å². The fourth-order valence-electron chi connectivity index (χ4n) is 3.14. The number of nitrogens with one attached hydrogen (secondary N) is 1. The average molecular weight is 275 g/mol. The smallest absolute Gasteiger partial charge is 0.126 e. The van der Waals surface area contributed by atoms with E-state index in [0.717, 1.165) is 37.3 Å². The topological polar surface area (TPSA) is 28.2 Å². The molecule has 0 spiro atoms. The number of hydrogen-bond acceptors (Lipinski definition) is 3. The molecule has 20 heavy (non-hydrogen) atoms. The Bertz CT molecular complexity index is 405. The summed E-state index contributed by atoms with van der Waals surface area (Å²) in [6.45, 7) is 6.58. The van der Waals surface area contributed by atoms with Gasteiger partial charge in [0, 0.05) is 25.3 Å². The first kappa shape index (κ1) is 15.3. The average Bonchev–Trinajstić information content (AvgIpc) is 2.45. The van der Waals surface area contributed by atoms with Gasteiger partial charge in [-0.1, -0.05) is 26.7 Å².